The maximum atomic E-state index is 5.51. The molecule has 0 unspecified atom stereocenters. The van der Waals surface area contributed by atoms with Gasteiger partial charge in [0.15, 0.2) is 20.4 Å². The fourth-order valence-corrected chi connectivity index (χ4v) is 7.37. The van der Waals surface area contributed by atoms with Crippen LogP contribution >= 0.6 is 48.9 Å². The van der Waals surface area contributed by atoms with Gasteiger partial charge in [-0.15, -0.1) is 0 Å². The number of thiocarbonyl (C=S) groups is 4. The molecule has 18 heteroatoms. The highest BCUT2D eigenvalue weighted by Crippen LogP contribution is 2.26. The van der Waals surface area contributed by atoms with Gasteiger partial charge in [0, 0.05) is 72.7 Å². The molecule has 4 fully saturated rings. The smallest absolute Gasteiger partial charge is 0.186 e. The Morgan fingerprint density at radius 1 is 0.348 bits per heavy atom. The van der Waals surface area contributed by atoms with Crippen LogP contribution in [0.25, 0.3) is 0 Å². The maximum absolute atomic E-state index is 5.51. The molecule has 4 saturated carbocycles. The van der Waals surface area contributed by atoms with Gasteiger partial charge in [0.2, 0.25) is 0 Å². The first-order chi connectivity index (χ1) is 32.1. The van der Waals surface area contributed by atoms with Crippen LogP contribution in [0.3, 0.4) is 0 Å². The predicted octanol–water partition coefficient (Wildman–Crippen LogP) is 4.91. The third kappa shape index (κ3) is 24.1. The Labute approximate surface area is 421 Å². The minimum Gasteiger partial charge on any atom is -0.361 e. The lowest BCUT2D eigenvalue weighted by Gasteiger charge is -2.25. The summed E-state index contributed by atoms with van der Waals surface area (Å²) in [4.78, 5) is 5.07. The van der Waals surface area contributed by atoms with Crippen LogP contribution in [0.4, 0.5) is 0 Å². The highest BCUT2D eigenvalue weighted by molar-refractivity contribution is 7.80. The molecule has 20 radical (unpaired) electrons. The average Bonchev–Trinajstić information content (AvgIpc) is 4.18. The van der Waals surface area contributed by atoms with Gasteiger partial charge < -0.3 is 31.1 Å². The molecule has 14 nitrogen and oxygen atoms in total. The first kappa shape index (κ1) is 56.0. The number of hydrazone groups is 4. The van der Waals surface area contributed by atoms with Crippen molar-refractivity contribution in [1.29, 1.82) is 0 Å². The third-order valence-corrected chi connectivity index (χ3v) is 11.5. The van der Waals surface area contributed by atoms with Crippen molar-refractivity contribution in [2.45, 2.75) is 66.2 Å². The van der Waals surface area contributed by atoms with Gasteiger partial charge in [-0.05, 0) is 257 Å². The van der Waals surface area contributed by atoms with Crippen LogP contribution in [0, 0.1) is 126 Å². The van der Waals surface area contributed by atoms with E-state index in [0.717, 1.165) is 150 Å². The Hall–Kier alpha value is -2.64. The number of rotatable bonds is 29. The van der Waals surface area contributed by atoms with E-state index in [0.29, 0.717) is 20.4 Å². The van der Waals surface area contributed by atoms with Gasteiger partial charge in [0.05, 0.1) is 0 Å². The van der Waals surface area contributed by atoms with Gasteiger partial charge in [-0.3, -0.25) is 21.7 Å². The summed E-state index contributed by atoms with van der Waals surface area (Å²) in [7, 11) is 0. The summed E-state index contributed by atoms with van der Waals surface area (Å²) >= 11 is 22.1. The van der Waals surface area contributed by atoms with Gasteiger partial charge >= 0.3 is 0 Å². The van der Waals surface area contributed by atoms with Crippen molar-refractivity contribution in [3.05, 3.63) is 126 Å². The van der Waals surface area contributed by atoms with Crippen LogP contribution in [0.2, 0.25) is 0 Å². The van der Waals surface area contributed by atoms with Gasteiger partial charge in [0.1, 0.15) is 0 Å². The fourth-order valence-electron chi connectivity index (χ4n) is 6.78. The second-order valence-electron chi connectivity index (χ2n) is 15.8. The molecule has 0 atom stereocenters. The van der Waals surface area contributed by atoms with Crippen molar-refractivity contribution in [2.75, 3.05) is 65.4 Å². The quantitative estimate of drug-likeness (QED) is 0.0222. The van der Waals surface area contributed by atoms with E-state index in [2.05, 4.69) is 73.2 Å². The van der Waals surface area contributed by atoms with Crippen molar-refractivity contribution >= 4 is 92.2 Å². The lowest BCUT2D eigenvalue weighted by atomic mass is 10.0. The topological polar surface area (TPSA) is 152 Å². The minimum atomic E-state index is 0.519. The zero-order valence-corrected chi connectivity index (χ0v) is 42.1. The van der Waals surface area contributed by atoms with E-state index in [9.17, 15) is 0 Å². The molecule has 354 valence electrons. The number of hydrogen-bond acceptors (Lipinski definition) is 10. The second kappa shape index (κ2) is 33.8. The van der Waals surface area contributed by atoms with Gasteiger partial charge in [-0.1, -0.05) is 0 Å². The van der Waals surface area contributed by atoms with Gasteiger partial charge in [0.25, 0.3) is 0 Å². The molecule has 8 N–H and O–H groups in total. The van der Waals surface area contributed by atoms with E-state index in [1.807, 2.05) is 130 Å². The number of unbranched alkanes of at least 4 members (excludes halogenated alkanes) is 1. The van der Waals surface area contributed by atoms with E-state index in [1.54, 1.807) is 0 Å². The zero-order chi connectivity index (χ0) is 47.2. The highest BCUT2D eigenvalue weighted by atomic mass is 32.1. The molecular weight excluding hydrogens is 901 g/mol. The summed E-state index contributed by atoms with van der Waals surface area (Å²) in [6, 6.07) is 0. The highest BCUT2D eigenvalue weighted by Gasteiger charge is 2.22. The van der Waals surface area contributed by atoms with Crippen molar-refractivity contribution in [3.63, 3.8) is 0 Å². The molecule has 4 aliphatic rings. The summed E-state index contributed by atoms with van der Waals surface area (Å²) in [6.45, 7) is 16.6. The minimum absolute atomic E-state index is 0.519. The van der Waals surface area contributed by atoms with E-state index in [-0.39, 0.29) is 0 Å². The molecule has 0 spiro atoms. The van der Waals surface area contributed by atoms with Crippen LogP contribution in [-0.4, -0.2) is 119 Å². The molecule has 4 aliphatic carbocycles. The molecular formula is C48H68N14S4. The third-order valence-electron chi connectivity index (χ3n) is 10.6. The molecule has 0 saturated heterocycles. The van der Waals surface area contributed by atoms with Crippen LogP contribution < -0.4 is 43.0 Å². The van der Waals surface area contributed by atoms with E-state index < -0.39 is 0 Å². The summed E-state index contributed by atoms with van der Waals surface area (Å²) in [5.41, 5.74) is 15.5. The van der Waals surface area contributed by atoms with Crippen LogP contribution in [0.15, 0.2) is 20.4 Å². The van der Waals surface area contributed by atoms with E-state index in [4.69, 9.17) is 48.9 Å². The monoisotopic (exact) mass is 968 g/mol. The second-order valence-corrected chi connectivity index (χ2v) is 17.4. The summed E-state index contributed by atoms with van der Waals surface area (Å²) < 4.78 is 0. The zero-order valence-electron chi connectivity index (χ0n) is 38.9. The summed E-state index contributed by atoms with van der Waals surface area (Å²) in [5, 5.41) is 33.1. The normalized spacial score (nSPS) is 18.3. The fraction of sp³-hybridized carbons (Fsp3) is 0.417. The molecule has 0 aromatic heterocycles. The predicted molar refractivity (Wildman–Crippen MR) is 290 cm³/mol. The average molecular weight is 969 g/mol. The molecule has 66 heavy (non-hydrogen) atoms. The number of nitrogens with one attached hydrogen (secondary N) is 8. The Morgan fingerprint density at radius 3 is 0.758 bits per heavy atom. The van der Waals surface area contributed by atoms with Crippen molar-refractivity contribution in [3.8, 4) is 0 Å². The van der Waals surface area contributed by atoms with Gasteiger partial charge in [-0.25, -0.2) is 0 Å². The van der Waals surface area contributed by atoms with Crippen LogP contribution in [-0.2, 0) is 0 Å². The summed E-state index contributed by atoms with van der Waals surface area (Å²) in [5.74, 6) is 4.29. The largest absolute Gasteiger partial charge is 0.361 e. The van der Waals surface area contributed by atoms with E-state index >= 15 is 0 Å². The molecule has 0 amide bonds. The van der Waals surface area contributed by atoms with Crippen LogP contribution in [0.1, 0.15) is 66.2 Å². The Balaban J connectivity index is 1.22. The number of nitrogens with zero attached hydrogens (tertiary/aromatic N) is 6. The molecule has 0 aromatic rings. The molecule has 4 rings (SSSR count). The lowest BCUT2D eigenvalue weighted by Crippen LogP contribution is -2.38. The molecule has 0 bridgehead atoms. The molecule has 0 aliphatic heterocycles. The maximum Gasteiger partial charge on any atom is 0.186 e. The van der Waals surface area contributed by atoms with Crippen LogP contribution in [0.5, 0.6) is 0 Å². The van der Waals surface area contributed by atoms with E-state index in [1.165, 1.54) is 0 Å². The Morgan fingerprint density at radius 2 is 0.545 bits per heavy atom. The Kier molecular flexibility index (Phi) is 28.6. The first-order valence-electron chi connectivity index (χ1n) is 22.7. The SMILES string of the molecule is C/C(=N\NC(=S)NCCCN(CCCCN(CCCNC(=S)N/N=C(\C)[C]1[CH][CH][CH][CH]1)CCCNC(=S)N/N=C(\C)[C]1[CH][CH][CH][CH]1)CCCNC(=S)N/N=C(\C)[C]1[CH][CH][CH][CH]1)[C]1[CH][CH][CH][CH]1. The summed E-state index contributed by atoms with van der Waals surface area (Å²) in [6.07, 6.45) is 38.1. The number of hydrogen-bond donors (Lipinski definition) is 8. The molecule has 0 heterocycles. The van der Waals surface area contributed by atoms with Crippen molar-refractivity contribution in [1.82, 2.24) is 52.8 Å². The van der Waals surface area contributed by atoms with Crippen molar-refractivity contribution < 1.29 is 0 Å². The van der Waals surface area contributed by atoms with Crippen molar-refractivity contribution in [2.24, 2.45) is 20.4 Å². The Bertz CT molecular complexity index is 1340. The first-order valence-corrected chi connectivity index (χ1v) is 24.4. The van der Waals surface area contributed by atoms with Gasteiger partial charge in [-0.2, -0.15) is 20.4 Å². The molecule has 0 aromatic carbocycles. The standard InChI is InChI=1S/C48H68N14S4/c1-37(41-19-5-6-20-41)53-57-45(63)49-27-15-33-61(34-16-28-50-46(64)58-54-38(2)42-21-7-8-22-42)31-13-14-32-62(35-17-29-51-47(65)59-55-39(3)43-23-9-10-24-43)36-18-30-52-48(66)60-56-40(4)44-25-11-12-26-44/h5-12,19-26H,13-18,27-36H2,1-4H3,(H2,49,57,63)(H2,50,58,64)(H2,51,59,65)(H2,52,60,66)/b53-37+,54-38+,55-39+,56-40+. The lowest BCUT2D eigenvalue weighted by molar-refractivity contribution is 0.235.